The number of ether oxygens (including phenoxy) is 1. The van der Waals surface area contributed by atoms with Crippen LogP contribution in [0.5, 0.6) is 0 Å². The molecule has 1 aliphatic rings. The molecule has 0 spiro atoms. The Morgan fingerprint density at radius 1 is 1.83 bits per heavy atom. The minimum absolute atomic E-state index is 0.180. The van der Waals surface area contributed by atoms with Gasteiger partial charge in [0.1, 0.15) is 0 Å². The second-order valence-corrected chi connectivity index (χ2v) is 3.38. The molecule has 4 heteroatoms. The smallest absolute Gasteiger partial charge is 0.336 e. The average Bonchev–Trinajstić information content (AvgIpc) is 2.56. The van der Waals surface area contributed by atoms with Crippen molar-refractivity contribution in [2.75, 3.05) is 12.4 Å². The lowest BCUT2D eigenvalue weighted by molar-refractivity contribution is -0.139. The Kier molecular flexibility index (Phi) is 4.00. The van der Waals surface area contributed by atoms with Crippen LogP contribution in [0.4, 0.5) is 0 Å². The monoisotopic (exact) mass is 187 g/mol. The third kappa shape index (κ3) is 2.77. The number of esters is 1. The van der Waals surface area contributed by atoms with Crippen molar-refractivity contribution in [1.29, 1.82) is 0 Å². The van der Waals surface area contributed by atoms with Crippen molar-refractivity contribution >= 4 is 17.9 Å². The molecule has 68 valence electrons. The molecule has 0 amide bonds. The van der Waals surface area contributed by atoms with E-state index >= 15 is 0 Å². The molecule has 0 aromatic rings. The first kappa shape index (κ1) is 9.45. The summed E-state index contributed by atoms with van der Waals surface area (Å²) >= 11 is 1.51. The Hall–Kier alpha value is -0.640. The third-order valence-corrected chi connectivity index (χ3v) is 2.28. The number of unbranched alkanes of at least 4 members (excludes halogenated alkanes) is 1. The number of carbonyl (C=O) groups excluding carboxylic acids is 1. The zero-order chi connectivity index (χ0) is 8.81. The highest BCUT2D eigenvalue weighted by Crippen LogP contribution is 2.12. The largest absolute Gasteiger partial charge is 0.462 e. The maximum Gasteiger partial charge on any atom is 0.336 e. The molecule has 0 unspecified atom stereocenters. The predicted molar refractivity (Wildman–Crippen MR) is 49.5 cm³/mol. The van der Waals surface area contributed by atoms with E-state index in [0.717, 1.165) is 18.4 Å². The summed E-state index contributed by atoms with van der Waals surface area (Å²) < 4.78 is 7.90. The molecule has 12 heavy (non-hydrogen) atoms. The Bertz CT molecular complexity index is 191. The van der Waals surface area contributed by atoms with E-state index in [-0.39, 0.29) is 5.97 Å². The molecule has 0 radical (unpaired) electrons. The van der Waals surface area contributed by atoms with Crippen LogP contribution < -0.4 is 4.72 Å². The Balaban J connectivity index is 2.19. The van der Waals surface area contributed by atoms with E-state index in [4.69, 9.17) is 4.74 Å². The van der Waals surface area contributed by atoms with Crippen LogP contribution in [-0.2, 0) is 9.53 Å². The van der Waals surface area contributed by atoms with E-state index in [1.807, 2.05) is 0 Å². The first-order chi connectivity index (χ1) is 5.84. The molecule has 0 saturated carbocycles. The van der Waals surface area contributed by atoms with E-state index < -0.39 is 0 Å². The summed E-state index contributed by atoms with van der Waals surface area (Å²) in [6, 6.07) is 0. The summed E-state index contributed by atoms with van der Waals surface area (Å²) in [7, 11) is 0. The zero-order valence-corrected chi connectivity index (χ0v) is 7.95. The fourth-order valence-electron chi connectivity index (χ4n) is 0.794. The lowest BCUT2D eigenvalue weighted by Crippen LogP contribution is -2.09. The van der Waals surface area contributed by atoms with E-state index in [1.165, 1.54) is 11.9 Å². The highest BCUT2D eigenvalue weighted by molar-refractivity contribution is 7.97. The van der Waals surface area contributed by atoms with Crippen LogP contribution in [0.15, 0.2) is 11.8 Å². The second kappa shape index (κ2) is 5.09. The number of hydrogen-bond acceptors (Lipinski definition) is 4. The predicted octanol–water partition coefficient (Wildman–Crippen LogP) is 1.46. The summed E-state index contributed by atoms with van der Waals surface area (Å²) in [4.78, 5) is 11.2. The topological polar surface area (TPSA) is 38.3 Å². The molecule has 3 nitrogen and oxygen atoms in total. The van der Waals surface area contributed by atoms with Gasteiger partial charge >= 0.3 is 5.97 Å². The van der Waals surface area contributed by atoms with Gasteiger partial charge in [-0.1, -0.05) is 13.3 Å². The van der Waals surface area contributed by atoms with Gasteiger partial charge in [0.05, 0.1) is 12.2 Å². The quantitative estimate of drug-likeness (QED) is 0.411. The van der Waals surface area contributed by atoms with Gasteiger partial charge in [0.15, 0.2) is 0 Å². The maximum absolute atomic E-state index is 11.2. The third-order valence-electron chi connectivity index (χ3n) is 1.54. The normalized spacial score (nSPS) is 15.2. The number of carbonyl (C=O) groups is 1. The van der Waals surface area contributed by atoms with Gasteiger partial charge in [-0.2, -0.15) is 0 Å². The van der Waals surface area contributed by atoms with E-state index in [1.54, 1.807) is 6.20 Å². The lowest BCUT2D eigenvalue weighted by Gasteiger charge is -2.02. The van der Waals surface area contributed by atoms with Gasteiger partial charge in [0.2, 0.25) is 0 Å². The minimum atomic E-state index is -0.180. The van der Waals surface area contributed by atoms with Crippen molar-refractivity contribution in [2.45, 2.75) is 19.8 Å². The number of rotatable bonds is 4. The average molecular weight is 187 g/mol. The molecular formula is C8H13NO2S. The van der Waals surface area contributed by atoms with Crippen molar-refractivity contribution in [2.24, 2.45) is 0 Å². The van der Waals surface area contributed by atoms with Crippen LogP contribution in [0.2, 0.25) is 0 Å². The first-order valence-electron chi connectivity index (χ1n) is 4.08. The highest BCUT2D eigenvalue weighted by atomic mass is 32.2. The van der Waals surface area contributed by atoms with E-state index in [2.05, 4.69) is 11.6 Å². The zero-order valence-electron chi connectivity index (χ0n) is 7.13. The summed E-state index contributed by atoms with van der Waals surface area (Å²) in [5.41, 5.74) is 0.733. The molecule has 1 rings (SSSR count). The molecule has 0 aliphatic carbocycles. The van der Waals surface area contributed by atoms with Crippen molar-refractivity contribution < 1.29 is 9.53 Å². The molecule has 1 N–H and O–H groups in total. The molecule has 1 heterocycles. The molecule has 0 bridgehead atoms. The first-order valence-corrected chi connectivity index (χ1v) is 5.06. The van der Waals surface area contributed by atoms with Gasteiger partial charge in [0.25, 0.3) is 0 Å². The molecule has 0 saturated heterocycles. The molecular weight excluding hydrogens is 174 g/mol. The highest BCUT2D eigenvalue weighted by Gasteiger charge is 2.14. The Labute approximate surface area is 76.7 Å². The summed E-state index contributed by atoms with van der Waals surface area (Å²) in [5, 5.41) is 0. The SMILES string of the molecule is CCCCOC(=O)C1=CNSC1. The summed E-state index contributed by atoms with van der Waals surface area (Å²) in [5.74, 6) is 0.534. The minimum Gasteiger partial charge on any atom is -0.462 e. The van der Waals surface area contributed by atoms with Crippen LogP contribution in [-0.4, -0.2) is 18.3 Å². The molecule has 0 fully saturated rings. The molecule has 0 aromatic carbocycles. The van der Waals surface area contributed by atoms with Crippen LogP contribution >= 0.6 is 11.9 Å². The number of hydrogen-bond donors (Lipinski definition) is 1. The van der Waals surface area contributed by atoms with Crippen LogP contribution in [0.3, 0.4) is 0 Å². The second-order valence-electron chi connectivity index (χ2n) is 2.57. The molecule has 1 aliphatic heterocycles. The number of nitrogens with one attached hydrogen (secondary N) is 1. The summed E-state index contributed by atoms with van der Waals surface area (Å²) in [6.45, 7) is 2.61. The summed E-state index contributed by atoms with van der Waals surface area (Å²) in [6.07, 6.45) is 3.71. The maximum atomic E-state index is 11.2. The fraction of sp³-hybridized carbons (Fsp3) is 0.625. The van der Waals surface area contributed by atoms with Gasteiger partial charge < -0.3 is 9.46 Å². The fourth-order valence-corrected chi connectivity index (χ4v) is 1.46. The van der Waals surface area contributed by atoms with Crippen LogP contribution in [0.25, 0.3) is 0 Å². The van der Waals surface area contributed by atoms with Crippen molar-refractivity contribution in [1.82, 2.24) is 4.72 Å². The van der Waals surface area contributed by atoms with E-state index in [9.17, 15) is 4.79 Å². The van der Waals surface area contributed by atoms with Crippen molar-refractivity contribution in [3.05, 3.63) is 11.8 Å². The standard InChI is InChI=1S/C8H13NO2S/c1-2-3-4-11-8(10)7-5-9-12-6-7/h5,9H,2-4,6H2,1H3. The Morgan fingerprint density at radius 2 is 2.67 bits per heavy atom. The molecule has 0 aromatic heterocycles. The van der Waals surface area contributed by atoms with Gasteiger partial charge in [-0.25, -0.2) is 4.79 Å². The molecule has 0 atom stereocenters. The lowest BCUT2D eigenvalue weighted by atomic mass is 10.3. The van der Waals surface area contributed by atoms with Crippen LogP contribution in [0, 0.1) is 0 Å². The van der Waals surface area contributed by atoms with Crippen molar-refractivity contribution in [3.8, 4) is 0 Å². The van der Waals surface area contributed by atoms with Gasteiger partial charge in [0, 0.05) is 12.0 Å². The van der Waals surface area contributed by atoms with Crippen molar-refractivity contribution in [3.63, 3.8) is 0 Å². The van der Waals surface area contributed by atoms with Crippen LogP contribution in [0.1, 0.15) is 19.8 Å². The Morgan fingerprint density at radius 3 is 3.25 bits per heavy atom. The van der Waals surface area contributed by atoms with Gasteiger partial charge in [-0.3, -0.25) is 0 Å². The van der Waals surface area contributed by atoms with E-state index in [0.29, 0.717) is 12.4 Å². The van der Waals surface area contributed by atoms with Gasteiger partial charge in [-0.15, -0.1) is 0 Å². The van der Waals surface area contributed by atoms with Gasteiger partial charge in [-0.05, 0) is 18.4 Å².